The second-order valence-electron chi connectivity index (χ2n) is 3.87. The molecule has 1 atom stereocenters. The minimum Gasteiger partial charge on any atom is -0.356 e. The molecule has 0 spiro atoms. The minimum atomic E-state index is 0.213. The predicted molar refractivity (Wildman–Crippen MR) is 49.8 cm³/mol. The maximum Gasteiger partial charge on any atom is 0.219 e. The maximum absolute atomic E-state index is 11.1. The van der Waals surface area contributed by atoms with Crippen LogP contribution in [0.3, 0.4) is 0 Å². The van der Waals surface area contributed by atoms with E-state index in [4.69, 9.17) is 0 Å². The second-order valence-corrected chi connectivity index (χ2v) is 3.87. The number of rotatable bonds is 5. The van der Waals surface area contributed by atoms with Crippen LogP contribution >= 0.6 is 0 Å². The summed E-state index contributed by atoms with van der Waals surface area (Å²) in [5.41, 5.74) is 0. The molecule has 1 unspecified atom stereocenters. The van der Waals surface area contributed by atoms with Crippen molar-refractivity contribution in [2.75, 3.05) is 6.54 Å². The summed E-state index contributed by atoms with van der Waals surface area (Å²) in [6.45, 7) is 5.14. The van der Waals surface area contributed by atoms with E-state index in [0.717, 1.165) is 18.9 Å². The molecule has 70 valence electrons. The van der Waals surface area contributed by atoms with Gasteiger partial charge in [0.1, 0.15) is 0 Å². The third-order valence-corrected chi connectivity index (χ3v) is 2.53. The van der Waals surface area contributed by atoms with E-state index in [1.54, 1.807) is 0 Å². The fraction of sp³-hybridized carbons (Fsp3) is 0.900. The third-order valence-electron chi connectivity index (χ3n) is 2.53. The Labute approximate surface area is 74.7 Å². The lowest BCUT2D eigenvalue weighted by Gasteiger charge is -2.10. The van der Waals surface area contributed by atoms with Crippen molar-refractivity contribution in [2.24, 2.45) is 11.8 Å². The van der Waals surface area contributed by atoms with E-state index in [2.05, 4.69) is 12.2 Å². The Balaban J connectivity index is 2.03. The van der Waals surface area contributed by atoms with Gasteiger partial charge in [0.15, 0.2) is 0 Å². The number of carbonyl (C=O) groups excluding carboxylic acids is 1. The monoisotopic (exact) mass is 169 g/mol. The van der Waals surface area contributed by atoms with Crippen molar-refractivity contribution in [1.29, 1.82) is 0 Å². The summed E-state index contributed by atoms with van der Waals surface area (Å²) in [6, 6.07) is 0. The predicted octanol–water partition coefficient (Wildman–Crippen LogP) is 1.95. The van der Waals surface area contributed by atoms with Crippen LogP contribution in [0.4, 0.5) is 0 Å². The summed E-state index contributed by atoms with van der Waals surface area (Å²) < 4.78 is 0. The molecule has 0 bridgehead atoms. The normalized spacial score (nSPS) is 18.8. The molecule has 2 nitrogen and oxygen atoms in total. The summed E-state index contributed by atoms with van der Waals surface area (Å²) in [6.07, 6.45) is 4.36. The molecule has 2 heteroatoms. The van der Waals surface area contributed by atoms with E-state index in [-0.39, 0.29) is 5.91 Å². The average molecular weight is 169 g/mol. The minimum absolute atomic E-state index is 0.213. The van der Waals surface area contributed by atoms with Crippen molar-refractivity contribution in [3.05, 3.63) is 0 Å². The molecule has 0 saturated heterocycles. The lowest BCUT2D eigenvalue weighted by atomic mass is 10.1. The van der Waals surface area contributed by atoms with E-state index in [1.165, 1.54) is 12.8 Å². The summed E-state index contributed by atoms with van der Waals surface area (Å²) >= 11 is 0. The molecular formula is C10H19NO. The summed E-state index contributed by atoms with van der Waals surface area (Å²) in [7, 11) is 0. The standard InChI is InChI=1S/C10H19NO/c1-3-4-10(12)11-7-8(2)9-5-6-9/h8-9H,3-7H2,1-2H3,(H,11,12). The lowest BCUT2D eigenvalue weighted by molar-refractivity contribution is -0.121. The van der Waals surface area contributed by atoms with Gasteiger partial charge in [-0.3, -0.25) is 4.79 Å². The van der Waals surface area contributed by atoms with Gasteiger partial charge in [-0.25, -0.2) is 0 Å². The van der Waals surface area contributed by atoms with Crippen LogP contribution < -0.4 is 5.32 Å². The highest BCUT2D eigenvalue weighted by molar-refractivity contribution is 5.75. The lowest BCUT2D eigenvalue weighted by Crippen LogP contribution is -2.28. The Kier molecular flexibility index (Phi) is 3.57. The smallest absolute Gasteiger partial charge is 0.219 e. The Bertz CT molecular complexity index is 152. The van der Waals surface area contributed by atoms with E-state index in [0.29, 0.717) is 12.3 Å². The topological polar surface area (TPSA) is 29.1 Å². The van der Waals surface area contributed by atoms with Gasteiger partial charge in [-0.1, -0.05) is 13.8 Å². The number of hydrogen-bond donors (Lipinski definition) is 1. The van der Waals surface area contributed by atoms with Crippen molar-refractivity contribution in [1.82, 2.24) is 5.32 Å². The van der Waals surface area contributed by atoms with Crippen molar-refractivity contribution in [3.63, 3.8) is 0 Å². The fourth-order valence-electron chi connectivity index (χ4n) is 1.42. The fourth-order valence-corrected chi connectivity index (χ4v) is 1.42. The largest absolute Gasteiger partial charge is 0.356 e. The zero-order valence-electron chi connectivity index (χ0n) is 8.10. The van der Waals surface area contributed by atoms with E-state index < -0.39 is 0 Å². The van der Waals surface area contributed by atoms with Crippen LogP contribution in [0, 0.1) is 11.8 Å². The molecule has 1 rings (SSSR count). The van der Waals surface area contributed by atoms with Crippen molar-refractivity contribution in [3.8, 4) is 0 Å². The van der Waals surface area contributed by atoms with Crippen LogP contribution in [0.5, 0.6) is 0 Å². The van der Waals surface area contributed by atoms with Gasteiger partial charge in [-0.2, -0.15) is 0 Å². The highest BCUT2D eigenvalue weighted by Gasteiger charge is 2.27. The maximum atomic E-state index is 11.1. The number of amides is 1. The third kappa shape index (κ3) is 3.24. The van der Waals surface area contributed by atoms with Gasteiger partial charge in [0, 0.05) is 13.0 Å². The molecule has 0 aliphatic heterocycles. The van der Waals surface area contributed by atoms with Crippen molar-refractivity contribution in [2.45, 2.75) is 39.5 Å². The van der Waals surface area contributed by atoms with Crippen LogP contribution in [0.15, 0.2) is 0 Å². The summed E-state index contributed by atoms with van der Waals surface area (Å²) in [5.74, 6) is 1.79. The molecule has 1 N–H and O–H groups in total. The van der Waals surface area contributed by atoms with Gasteiger partial charge in [0.05, 0.1) is 0 Å². The summed E-state index contributed by atoms with van der Waals surface area (Å²) in [5, 5.41) is 2.97. The molecule has 12 heavy (non-hydrogen) atoms. The zero-order valence-corrected chi connectivity index (χ0v) is 8.10. The van der Waals surface area contributed by atoms with Gasteiger partial charge in [-0.05, 0) is 31.1 Å². The first-order valence-electron chi connectivity index (χ1n) is 5.00. The van der Waals surface area contributed by atoms with Crippen molar-refractivity contribution < 1.29 is 4.79 Å². The summed E-state index contributed by atoms with van der Waals surface area (Å²) in [4.78, 5) is 11.1. The van der Waals surface area contributed by atoms with E-state index >= 15 is 0 Å². The van der Waals surface area contributed by atoms with Crippen LogP contribution in [0.25, 0.3) is 0 Å². The Morgan fingerprint density at radius 1 is 1.58 bits per heavy atom. The van der Waals surface area contributed by atoms with Crippen LogP contribution in [0.1, 0.15) is 39.5 Å². The van der Waals surface area contributed by atoms with Crippen molar-refractivity contribution >= 4 is 5.91 Å². The molecule has 1 fully saturated rings. The quantitative estimate of drug-likeness (QED) is 0.669. The number of nitrogens with one attached hydrogen (secondary N) is 1. The molecule has 0 aromatic heterocycles. The number of hydrogen-bond acceptors (Lipinski definition) is 1. The molecule has 1 saturated carbocycles. The van der Waals surface area contributed by atoms with E-state index in [1.807, 2.05) is 6.92 Å². The molecule has 0 aromatic rings. The van der Waals surface area contributed by atoms with Gasteiger partial charge in [0.2, 0.25) is 5.91 Å². The Hall–Kier alpha value is -0.530. The second kappa shape index (κ2) is 4.48. The van der Waals surface area contributed by atoms with Gasteiger partial charge < -0.3 is 5.32 Å². The van der Waals surface area contributed by atoms with Crippen LogP contribution in [-0.2, 0) is 4.79 Å². The van der Waals surface area contributed by atoms with Gasteiger partial charge >= 0.3 is 0 Å². The van der Waals surface area contributed by atoms with Crippen LogP contribution in [-0.4, -0.2) is 12.5 Å². The van der Waals surface area contributed by atoms with Gasteiger partial charge in [-0.15, -0.1) is 0 Å². The first-order valence-corrected chi connectivity index (χ1v) is 5.00. The highest BCUT2D eigenvalue weighted by atomic mass is 16.1. The molecule has 0 radical (unpaired) electrons. The van der Waals surface area contributed by atoms with E-state index in [9.17, 15) is 4.79 Å². The SMILES string of the molecule is CCCC(=O)NCC(C)C1CC1. The molecular weight excluding hydrogens is 150 g/mol. The molecule has 0 heterocycles. The first kappa shape index (κ1) is 9.56. The van der Waals surface area contributed by atoms with Crippen LogP contribution in [0.2, 0.25) is 0 Å². The van der Waals surface area contributed by atoms with Gasteiger partial charge in [0.25, 0.3) is 0 Å². The average Bonchev–Trinajstić information content (AvgIpc) is 2.83. The Morgan fingerprint density at radius 3 is 2.75 bits per heavy atom. The number of carbonyl (C=O) groups is 1. The highest BCUT2D eigenvalue weighted by Crippen LogP contribution is 2.35. The molecule has 0 aromatic carbocycles. The Morgan fingerprint density at radius 2 is 2.25 bits per heavy atom. The molecule has 1 aliphatic rings. The molecule has 1 amide bonds. The molecule has 1 aliphatic carbocycles. The zero-order chi connectivity index (χ0) is 8.97. The first-order chi connectivity index (χ1) is 5.74.